The molecule has 3 aromatic carbocycles. The molecule has 28 heavy (non-hydrogen) atoms. The van der Waals surface area contributed by atoms with E-state index >= 15 is 0 Å². The number of thiazole rings is 1. The van der Waals surface area contributed by atoms with Crippen molar-refractivity contribution in [1.82, 2.24) is 4.98 Å². The number of fused-ring (bicyclic) bond motifs is 1. The van der Waals surface area contributed by atoms with Crippen LogP contribution in [0, 0.1) is 18.6 Å². The molecule has 1 heterocycles. The summed E-state index contributed by atoms with van der Waals surface area (Å²) in [7, 11) is -4.39. The van der Waals surface area contributed by atoms with Crippen LogP contribution in [0.15, 0.2) is 65.6 Å². The lowest BCUT2D eigenvalue weighted by atomic mass is 10.2. The van der Waals surface area contributed by atoms with Crippen molar-refractivity contribution in [2.45, 2.75) is 11.8 Å². The topological polar surface area (TPSA) is 59.1 Å². The van der Waals surface area contributed by atoms with Crippen molar-refractivity contribution in [3.8, 4) is 10.6 Å². The van der Waals surface area contributed by atoms with Crippen LogP contribution in [-0.4, -0.2) is 13.4 Å². The number of anilines is 1. The summed E-state index contributed by atoms with van der Waals surface area (Å²) in [4.78, 5) is 3.58. The van der Waals surface area contributed by atoms with Gasteiger partial charge in [-0.05, 0) is 61.0 Å². The fourth-order valence-electron chi connectivity index (χ4n) is 2.78. The van der Waals surface area contributed by atoms with Gasteiger partial charge < -0.3 is 0 Å². The summed E-state index contributed by atoms with van der Waals surface area (Å²) < 4.78 is 55.6. The third-order valence-electron chi connectivity index (χ3n) is 4.12. The molecule has 0 amide bonds. The van der Waals surface area contributed by atoms with Crippen LogP contribution in [-0.2, 0) is 10.0 Å². The van der Waals surface area contributed by atoms with E-state index in [-0.39, 0.29) is 5.69 Å². The molecule has 8 heteroatoms. The molecule has 4 aromatic rings. The summed E-state index contributed by atoms with van der Waals surface area (Å²) in [5.74, 6) is -2.29. The molecule has 0 aliphatic carbocycles. The summed E-state index contributed by atoms with van der Waals surface area (Å²) in [5.41, 5.74) is 3.06. The third-order valence-corrected chi connectivity index (χ3v) is 6.61. The maximum Gasteiger partial charge on any atom is 0.267 e. The first-order valence-electron chi connectivity index (χ1n) is 8.28. The van der Waals surface area contributed by atoms with Gasteiger partial charge in [-0.1, -0.05) is 12.1 Å². The number of hydrogen-bond acceptors (Lipinski definition) is 4. The molecular formula is C20H14F2N2O2S2. The van der Waals surface area contributed by atoms with Crippen molar-refractivity contribution in [3.63, 3.8) is 0 Å². The maximum atomic E-state index is 13.8. The Bertz CT molecular complexity index is 1260. The average Bonchev–Trinajstić information content (AvgIpc) is 3.04. The number of benzene rings is 3. The van der Waals surface area contributed by atoms with Crippen LogP contribution in [0.2, 0.25) is 0 Å². The van der Waals surface area contributed by atoms with Crippen molar-refractivity contribution >= 4 is 37.3 Å². The number of halogens is 2. The van der Waals surface area contributed by atoms with E-state index in [4.69, 9.17) is 0 Å². The largest absolute Gasteiger partial charge is 0.279 e. The SMILES string of the molecule is Cc1ccc2nc(-c3ccc(NS(=O)(=O)c4c(F)cccc4F)cc3)sc2c1. The molecule has 4 nitrogen and oxygen atoms in total. The van der Waals surface area contributed by atoms with Crippen LogP contribution < -0.4 is 4.72 Å². The van der Waals surface area contributed by atoms with E-state index in [0.29, 0.717) is 0 Å². The highest BCUT2D eigenvalue weighted by Gasteiger charge is 2.23. The Hall–Kier alpha value is -2.84. The molecule has 0 unspecified atom stereocenters. The van der Waals surface area contributed by atoms with Crippen LogP contribution >= 0.6 is 11.3 Å². The van der Waals surface area contributed by atoms with Crippen molar-refractivity contribution in [2.24, 2.45) is 0 Å². The van der Waals surface area contributed by atoms with Gasteiger partial charge in [-0.25, -0.2) is 22.2 Å². The molecule has 0 aliphatic rings. The number of nitrogens with zero attached hydrogens (tertiary/aromatic N) is 1. The molecule has 142 valence electrons. The highest BCUT2D eigenvalue weighted by molar-refractivity contribution is 7.92. The fourth-order valence-corrected chi connectivity index (χ4v) is 5.05. The minimum absolute atomic E-state index is 0.198. The number of aromatic nitrogens is 1. The fraction of sp³-hybridized carbons (Fsp3) is 0.0500. The minimum atomic E-state index is -4.39. The summed E-state index contributed by atoms with van der Waals surface area (Å²) >= 11 is 1.54. The number of nitrogens with one attached hydrogen (secondary N) is 1. The Morgan fingerprint density at radius 1 is 0.964 bits per heavy atom. The van der Waals surface area contributed by atoms with Gasteiger partial charge in [-0.2, -0.15) is 0 Å². The van der Waals surface area contributed by atoms with Gasteiger partial charge in [0.05, 0.1) is 10.2 Å². The van der Waals surface area contributed by atoms with Crippen molar-refractivity contribution < 1.29 is 17.2 Å². The summed E-state index contributed by atoms with van der Waals surface area (Å²) in [6, 6.07) is 15.4. The number of aryl methyl sites for hydroxylation is 1. The molecule has 0 fully saturated rings. The molecule has 0 saturated heterocycles. The molecular weight excluding hydrogens is 402 g/mol. The third kappa shape index (κ3) is 3.48. The molecule has 0 saturated carbocycles. The van der Waals surface area contributed by atoms with Gasteiger partial charge in [0.2, 0.25) is 0 Å². The van der Waals surface area contributed by atoms with Crippen LogP contribution in [0.3, 0.4) is 0 Å². The lowest BCUT2D eigenvalue weighted by molar-refractivity contribution is 0.521. The van der Waals surface area contributed by atoms with E-state index in [0.717, 1.165) is 44.6 Å². The Morgan fingerprint density at radius 3 is 2.32 bits per heavy atom. The minimum Gasteiger partial charge on any atom is -0.279 e. The first-order valence-corrected chi connectivity index (χ1v) is 10.6. The zero-order valence-electron chi connectivity index (χ0n) is 14.6. The molecule has 1 aromatic heterocycles. The lowest BCUT2D eigenvalue weighted by Crippen LogP contribution is -2.16. The lowest BCUT2D eigenvalue weighted by Gasteiger charge is -2.10. The predicted molar refractivity (Wildman–Crippen MR) is 107 cm³/mol. The van der Waals surface area contributed by atoms with E-state index in [2.05, 4.69) is 15.8 Å². The van der Waals surface area contributed by atoms with Gasteiger partial charge in [-0.15, -0.1) is 11.3 Å². The van der Waals surface area contributed by atoms with E-state index in [1.807, 2.05) is 19.1 Å². The van der Waals surface area contributed by atoms with Crippen LogP contribution in [0.5, 0.6) is 0 Å². The van der Waals surface area contributed by atoms with Crippen LogP contribution in [0.4, 0.5) is 14.5 Å². The molecule has 4 rings (SSSR count). The molecule has 0 bridgehead atoms. The second kappa shape index (κ2) is 6.96. The molecule has 1 N–H and O–H groups in total. The number of sulfonamides is 1. The monoisotopic (exact) mass is 416 g/mol. The molecule has 0 aliphatic heterocycles. The summed E-state index contributed by atoms with van der Waals surface area (Å²) in [6.45, 7) is 2.01. The standard InChI is InChI=1S/C20H14F2N2O2S2/c1-12-5-10-17-18(11-12)27-20(23-17)13-6-8-14(9-7-13)24-28(25,26)19-15(21)3-2-4-16(19)22/h2-11,24H,1H3. The Kier molecular flexibility index (Phi) is 4.60. The van der Waals surface area contributed by atoms with Gasteiger partial charge >= 0.3 is 0 Å². The summed E-state index contributed by atoms with van der Waals surface area (Å²) in [6.07, 6.45) is 0. The van der Waals surface area contributed by atoms with E-state index in [1.165, 1.54) is 23.5 Å². The number of hydrogen-bond donors (Lipinski definition) is 1. The van der Waals surface area contributed by atoms with Crippen LogP contribution in [0.1, 0.15) is 5.56 Å². The summed E-state index contributed by atoms with van der Waals surface area (Å²) in [5, 5.41) is 0.801. The molecule has 0 radical (unpaired) electrons. The molecule has 0 spiro atoms. The average molecular weight is 416 g/mol. The van der Waals surface area contributed by atoms with E-state index < -0.39 is 26.6 Å². The Morgan fingerprint density at radius 2 is 1.64 bits per heavy atom. The maximum absolute atomic E-state index is 13.8. The molecule has 0 atom stereocenters. The first kappa shape index (κ1) is 18.5. The smallest absolute Gasteiger partial charge is 0.267 e. The normalized spacial score (nSPS) is 11.7. The zero-order valence-corrected chi connectivity index (χ0v) is 16.2. The van der Waals surface area contributed by atoms with Gasteiger partial charge in [0.1, 0.15) is 16.6 Å². The van der Waals surface area contributed by atoms with Crippen molar-refractivity contribution in [1.29, 1.82) is 0 Å². The van der Waals surface area contributed by atoms with Gasteiger partial charge in [-0.3, -0.25) is 4.72 Å². The Labute approximate surface area is 164 Å². The predicted octanol–water partition coefficient (Wildman–Crippen LogP) is 5.35. The quantitative estimate of drug-likeness (QED) is 0.488. The zero-order chi connectivity index (χ0) is 19.9. The first-order chi connectivity index (χ1) is 13.3. The van der Waals surface area contributed by atoms with Crippen molar-refractivity contribution in [2.75, 3.05) is 4.72 Å². The number of rotatable bonds is 4. The van der Waals surface area contributed by atoms with Crippen LogP contribution in [0.25, 0.3) is 20.8 Å². The van der Waals surface area contributed by atoms with E-state index in [1.54, 1.807) is 12.1 Å². The Balaban J connectivity index is 1.62. The van der Waals surface area contributed by atoms with Crippen molar-refractivity contribution in [3.05, 3.63) is 77.9 Å². The second-order valence-electron chi connectivity index (χ2n) is 6.22. The van der Waals surface area contributed by atoms with E-state index in [9.17, 15) is 17.2 Å². The van der Waals surface area contributed by atoms with Gasteiger partial charge in [0, 0.05) is 11.3 Å². The highest BCUT2D eigenvalue weighted by atomic mass is 32.2. The van der Waals surface area contributed by atoms with Gasteiger partial charge in [0.15, 0.2) is 4.90 Å². The highest BCUT2D eigenvalue weighted by Crippen LogP contribution is 2.31. The second-order valence-corrected chi connectivity index (χ2v) is 8.87. The van der Waals surface area contributed by atoms with Gasteiger partial charge in [0.25, 0.3) is 10.0 Å².